The van der Waals surface area contributed by atoms with Gasteiger partial charge in [-0.1, -0.05) is 30.3 Å². The molecule has 7 rings (SSSR count). The van der Waals surface area contributed by atoms with Crippen molar-refractivity contribution in [3.63, 3.8) is 0 Å². The van der Waals surface area contributed by atoms with Crippen molar-refractivity contribution in [2.45, 2.75) is 101 Å². The average Bonchev–Trinajstić information content (AvgIpc) is 3.52. The maximum atomic E-state index is 14.5. The number of carbonyl (C=O) groups excluding carboxylic acids is 4. The third-order valence-corrected chi connectivity index (χ3v) is 10.2. The van der Waals surface area contributed by atoms with Crippen LogP contribution in [0, 0.1) is 29.1 Å². The van der Waals surface area contributed by atoms with Gasteiger partial charge in [0.05, 0.1) is 5.60 Å². The van der Waals surface area contributed by atoms with Crippen LogP contribution >= 0.6 is 0 Å². The molecule has 6 aliphatic rings. The third-order valence-electron chi connectivity index (χ3n) is 10.2. The summed E-state index contributed by atoms with van der Waals surface area (Å²) in [4.78, 5) is 55.5. The number of hydrogen-bond donors (Lipinski definition) is 4. The second kappa shape index (κ2) is 10.2. The van der Waals surface area contributed by atoms with Gasteiger partial charge in [-0.2, -0.15) is 0 Å². The lowest BCUT2D eigenvalue weighted by Gasteiger charge is -2.62. The third kappa shape index (κ3) is 5.62. The van der Waals surface area contributed by atoms with E-state index in [-0.39, 0.29) is 36.0 Å². The number of piperidine rings is 1. The van der Waals surface area contributed by atoms with E-state index in [1.807, 2.05) is 30.3 Å². The van der Waals surface area contributed by atoms with Gasteiger partial charge in [0.15, 0.2) is 0 Å². The zero-order chi connectivity index (χ0) is 30.0. The molecule has 4 amide bonds. The molecule has 10 heteroatoms. The smallest absolute Gasteiger partial charge is 0.408 e. The van der Waals surface area contributed by atoms with Crippen LogP contribution in [0.25, 0.3) is 0 Å². The van der Waals surface area contributed by atoms with Crippen LogP contribution < -0.4 is 16.4 Å². The monoisotopic (exact) mass is 580 g/mol. The summed E-state index contributed by atoms with van der Waals surface area (Å²) in [6.07, 6.45) is 4.69. The minimum Gasteiger partial charge on any atom is -0.444 e. The van der Waals surface area contributed by atoms with Gasteiger partial charge in [0.2, 0.25) is 17.7 Å². The normalized spacial score (nSPS) is 35.6. The molecule has 10 nitrogen and oxygen atoms in total. The van der Waals surface area contributed by atoms with Crippen molar-refractivity contribution in [2.75, 3.05) is 6.54 Å². The van der Waals surface area contributed by atoms with Crippen LogP contribution in [-0.4, -0.2) is 69.7 Å². The summed E-state index contributed by atoms with van der Waals surface area (Å²) in [6.45, 7) is 5.70. The molecular formula is C32H44N4O6. The molecule has 1 heterocycles. The number of rotatable bonds is 8. The predicted octanol–water partition coefficient (Wildman–Crippen LogP) is 2.27. The number of aliphatic hydroxyl groups is 1. The Morgan fingerprint density at radius 2 is 1.71 bits per heavy atom. The van der Waals surface area contributed by atoms with Gasteiger partial charge < -0.3 is 31.1 Å². The topological polar surface area (TPSA) is 151 Å². The number of nitrogens with two attached hydrogens (primary N) is 1. The van der Waals surface area contributed by atoms with Crippen LogP contribution in [0.3, 0.4) is 0 Å². The highest BCUT2D eigenvalue weighted by molar-refractivity contribution is 5.95. The molecular weight excluding hydrogens is 536 g/mol. The minimum atomic E-state index is -1.01. The minimum absolute atomic E-state index is 0.0722. The fraction of sp³-hybridized carbons (Fsp3) is 0.688. The van der Waals surface area contributed by atoms with E-state index in [1.54, 1.807) is 25.7 Å². The molecule has 1 aromatic carbocycles. The van der Waals surface area contributed by atoms with Gasteiger partial charge in [-0.3, -0.25) is 14.4 Å². The molecule has 7 atom stereocenters. The van der Waals surface area contributed by atoms with Gasteiger partial charge >= 0.3 is 6.09 Å². The van der Waals surface area contributed by atoms with Crippen LogP contribution in [0.15, 0.2) is 30.3 Å². The molecule has 228 valence electrons. The van der Waals surface area contributed by atoms with Crippen LogP contribution in [-0.2, 0) is 25.5 Å². The van der Waals surface area contributed by atoms with E-state index in [2.05, 4.69) is 10.6 Å². The van der Waals surface area contributed by atoms with Crippen molar-refractivity contribution >= 4 is 23.8 Å². The van der Waals surface area contributed by atoms with E-state index >= 15 is 0 Å². The van der Waals surface area contributed by atoms with Gasteiger partial charge in [-0.05, 0) is 95.0 Å². The Bertz CT molecular complexity index is 1250. The number of hydrogen-bond acceptors (Lipinski definition) is 6. The molecule has 6 fully saturated rings. The van der Waals surface area contributed by atoms with E-state index in [0.29, 0.717) is 25.8 Å². The molecule has 1 aliphatic heterocycles. The molecule has 5 N–H and O–H groups in total. The Kier molecular flexibility index (Phi) is 7.06. The average molecular weight is 581 g/mol. The summed E-state index contributed by atoms with van der Waals surface area (Å²) in [5, 5.41) is 17.4. The predicted molar refractivity (Wildman–Crippen MR) is 154 cm³/mol. The highest BCUT2D eigenvalue weighted by Crippen LogP contribution is 2.63. The Labute approximate surface area is 247 Å². The van der Waals surface area contributed by atoms with Gasteiger partial charge in [-0.25, -0.2) is 4.79 Å². The first-order valence-corrected chi connectivity index (χ1v) is 15.4. The molecule has 0 aromatic heterocycles. The van der Waals surface area contributed by atoms with E-state index in [0.717, 1.165) is 31.2 Å². The number of nitrogens with zero attached hydrogens (tertiary/aromatic N) is 1. The van der Waals surface area contributed by atoms with Gasteiger partial charge in [0.1, 0.15) is 23.7 Å². The summed E-state index contributed by atoms with van der Waals surface area (Å²) < 4.78 is 5.47. The van der Waals surface area contributed by atoms with E-state index < -0.39 is 52.7 Å². The zero-order valence-electron chi connectivity index (χ0n) is 24.8. The van der Waals surface area contributed by atoms with Crippen molar-refractivity contribution in [1.82, 2.24) is 15.5 Å². The second-order valence-electron chi connectivity index (χ2n) is 14.9. The molecule has 4 bridgehead atoms. The molecule has 1 aromatic rings. The molecule has 1 saturated heterocycles. The van der Waals surface area contributed by atoms with Crippen LogP contribution in [0.5, 0.6) is 0 Å². The molecule has 7 unspecified atom stereocenters. The van der Waals surface area contributed by atoms with E-state index in [4.69, 9.17) is 10.5 Å². The van der Waals surface area contributed by atoms with Gasteiger partial charge in [-0.15, -0.1) is 0 Å². The summed E-state index contributed by atoms with van der Waals surface area (Å²) in [5.74, 6) is -0.432. The van der Waals surface area contributed by atoms with Crippen molar-refractivity contribution < 1.29 is 29.0 Å². The van der Waals surface area contributed by atoms with Crippen LogP contribution in [0.1, 0.15) is 71.3 Å². The van der Waals surface area contributed by atoms with Crippen molar-refractivity contribution in [1.29, 1.82) is 0 Å². The number of fused-ring (bicyclic) bond motifs is 1. The lowest BCUT2D eigenvalue weighted by Crippen LogP contribution is -2.68. The van der Waals surface area contributed by atoms with Gasteiger partial charge in [0, 0.05) is 18.4 Å². The lowest BCUT2D eigenvalue weighted by molar-refractivity contribution is -0.182. The van der Waals surface area contributed by atoms with E-state index in [1.165, 1.54) is 0 Å². The summed E-state index contributed by atoms with van der Waals surface area (Å²) in [7, 11) is 0. The number of alkyl carbamates (subject to hydrolysis) is 1. The fourth-order valence-electron chi connectivity index (χ4n) is 9.07. The molecule has 42 heavy (non-hydrogen) atoms. The highest BCUT2D eigenvalue weighted by Gasteiger charge is 2.64. The standard InChI is InChI=1S/C32H44N4O6/c1-30(2,3)42-29(40)34-23(10-18-7-5-4-6-8-18)27(38)35-25(28(39)36-16-21-11-22(21)24(36)26(33)37)31-12-19-9-20(13-31)15-32(41,14-19)17-31/h4-8,19-25,41H,9-17H2,1-3H3,(H2,33,37)(H,34,40)(H,35,38). The Morgan fingerprint density at radius 3 is 2.31 bits per heavy atom. The first-order valence-electron chi connectivity index (χ1n) is 15.4. The number of nitrogens with one attached hydrogen (secondary N) is 2. The zero-order valence-corrected chi connectivity index (χ0v) is 24.8. The summed E-state index contributed by atoms with van der Waals surface area (Å²) in [5.41, 5.74) is 4.38. The largest absolute Gasteiger partial charge is 0.444 e. The number of amides is 4. The first-order chi connectivity index (χ1) is 19.7. The van der Waals surface area contributed by atoms with Gasteiger partial charge in [0.25, 0.3) is 0 Å². The molecule has 0 spiro atoms. The summed E-state index contributed by atoms with van der Waals surface area (Å²) in [6, 6.07) is 6.73. The maximum Gasteiger partial charge on any atom is 0.408 e. The second-order valence-corrected chi connectivity index (χ2v) is 14.9. The van der Waals surface area contributed by atoms with E-state index in [9.17, 15) is 24.3 Å². The number of carbonyl (C=O) groups is 4. The number of benzene rings is 1. The quantitative estimate of drug-likeness (QED) is 0.370. The number of likely N-dealkylation sites (tertiary alicyclic amines) is 1. The Morgan fingerprint density at radius 1 is 1.05 bits per heavy atom. The van der Waals surface area contributed by atoms with Crippen molar-refractivity contribution in [2.24, 2.45) is 34.8 Å². The van der Waals surface area contributed by atoms with Crippen molar-refractivity contribution in [3.05, 3.63) is 35.9 Å². The van der Waals surface area contributed by atoms with Crippen molar-refractivity contribution in [3.8, 4) is 0 Å². The molecule has 5 aliphatic carbocycles. The number of primary amides is 1. The first kappa shape index (κ1) is 29.0. The molecule has 0 radical (unpaired) electrons. The lowest BCUT2D eigenvalue weighted by atomic mass is 9.46. The summed E-state index contributed by atoms with van der Waals surface area (Å²) >= 11 is 0. The maximum absolute atomic E-state index is 14.5. The fourth-order valence-corrected chi connectivity index (χ4v) is 9.07. The van der Waals surface area contributed by atoms with Crippen LogP contribution in [0.4, 0.5) is 4.79 Å². The number of ether oxygens (including phenoxy) is 1. The molecule has 5 saturated carbocycles. The van der Waals surface area contributed by atoms with Crippen LogP contribution in [0.2, 0.25) is 0 Å². The highest BCUT2D eigenvalue weighted by atomic mass is 16.6. The Balaban J connectivity index is 1.31. The SMILES string of the molecule is CC(C)(C)OC(=O)NC(Cc1ccccc1)C(=O)NC(C(=O)N1CC2CC2C1C(N)=O)C12CC3CC(CC(O)(C3)C1)C2. The Hall–Kier alpha value is -3.14.